The second-order valence-corrected chi connectivity index (χ2v) is 5.72. The summed E-state index contributed by atoms with van der Waals surface area (Å²) in [4.78, 5) is 0. The average Bonchev–Trinajstić information content (AvgIpc) is 3.27. The number of unbranched alkanes of at least 4 members (excludes halogenated alkanes) is 5. The molecule has 0 aromatic heterocycles. The van der Waals surface area contributed by atoms with Crippen LogP contribution in [-0.2, 0) is 14.2 Å². The van der Waals surface area contributed by atoms with Crippen LogP contribution in [0.5, 0.6) is 0 Å². The highest BCUT2D eigenvalue weighted by Crippen LogP contribution is 2.46. The van der Waals surface area contributed by atoms with E-state index in [9.17, 15) is 0 Å². The monoisotopic (exact) mass is 272 g/mol. The van der Waals surface area contributed by atoms with E-state index in [4.69, 9.17) is 14.2 Å². The molecule has 0 saturated heterocycles. The van der Waals surface area contributed by atoms with Crippen molar-refractivity contribution in [3.05, 3.63) is 0 Å². The summed E-state index contributed by atoms with van der Waals surface area (Å²) >= 11 is 0. The van der Waals surface area contributed by atoms with E-state index in [0.717, 1.165) is 12.3 Å². The van der Waals surface area contributed by atoms with E-state index in [1.54, 1.807) is 21.3 Å². The molecule has 1 fully saturated rings. The van der Waals surface area contributed by atoms with Crippen LogP contribution in [0.1, 0.15) is 64.7 Å². The molecule has 0 aliphatic heterocycles. The smallest absolute Gasteiger partial charge is 0.285 e. The lowest BCUT2D eigenvalue weighted by Crippen LogP contribution is -2.45. The van der Waals surface area contributed by atoms with Gasteiger partial charge in [0, 0.05) is 27.2 Å². The quantitative estimate of drug-likeness (QED) is 0.390. The summed E-state index contributed by atoms with van der Waals surface area (Å²) in [7, 11) is 5.05. The van der Waals surface area contributed by atoms with Crippen LogP contribution < -0.4 is 0 Å². The maximum Gasteiger partial charge on any atom is 0.285 e. The van der Waals surface area contributed by atoms with Crippen molar-refractivity contribution in [2.75, 3.05) is 21.3 Å². The van der Waals surface area contributed by atoms with Gasteiger partial charge < -0.3 is 14.2 Å². The van der Waals surface area contributed by atoms with Crippen molar-refractivity contribution in [1.29, 1.82) is 0 Å². The minimum Gasteiger partial charge on any atom is -0.331 e. The van der Waals surface area contributed by atoms with Gasteiger partial charge in [-0.25, -0.2) is 0 Å². The molecule has 0 radical (unpaired) electrons. The SMILES string of the molecule is CCCCCCCCC(C1CC1)C(OC)(OC)OC. The van der Waals surface area contributed by atoms with Crippen LogP contribution >= 0.6 is 0 Å². The molecule has 114 valence electrons. The first-order chi connectivity index (χ1) is 9.24. The molecule has 1 rings (SSSR count). The van der Waals surface area contributed by atoms with Gasteiger partial charge in [0.1, 0.15) is 0 Å². The predicted octanol–water partition coefficient (Wildman–Crippen LogP) is 4.36. The molecule has 3 nitrogen and oxygen atoms in total. The molecule has 3 heteroatoms. The van der Waals surface area contributed by atoms with Gasteiger partial charge in [-0.05, 0) is 25.2 Å². The molecule has 1 aliphatic rings. The van der Waals surface area contributed by atoms with E-state index in [0.29, 0.717) is 5.92 Å². The number of hydrogen-bond donors (Lipinski definition) is 0. The maximum atomic E-state index is 5.55. The molecule has 0 aromatic carbocycles. The standard InChI is InChI=1S/C16H32O3/c1-5-6-7-8-9-10-11-15(14-12-13-14)16(17-2,18-3)19-4/h14-15H,5-13H2,1-4H3. The van der Waals surface area contributed by atoms with E-state index in [1.807, 2.05) is 0 Å². The molecule has 19 heavy (non-hydrogen) atoms. The molecule has 0 aromatic rings. The first kappa shape index (κ1) is 16.9. The first-order valence-corrected chi connectivity index (χ1v) is 7.89. The highest BCUT2D eigenvalue weighted by atomic mass is 16.9. The summed E-state index contributed by atoms with van der Waals surface area (Å²) in [6.07, 6.45) is 11.7. The van der Waals surface area contributed by atoms with Gasteiger partial charge in [-0.3, -0.25) is 0 Å². The Bertz CT molecular complexity index is 214. The highest BCUT2D eigenvalue weighted by molar-refractivity contribution is 4.87. The molecular formula is C16H32O3. The molecular weight excluding hydrogens is 240 g/mol. The van der Waals surface area contributed by atoms with Crippen molar-refractivity contribution in [2.45, 2.75) is 70.7 Å². The zero-order chi connectivity index (χ0) is 14.1. The second-order valence-electron chi connectivity index (χ2n) is 5.72. The van der Waals surface area contributed by atoms with E-state index in [1.165, 1.54) is 51.4 Å². The lowest BCUT2D eigenvalue weighted by atomic mass is 9.93. The van der Waals surface area contributed by atoms with Crippen molar-refractivity contribution < 1.29 is 14.2 Å². The highest BCUT2D eigenvalue weighted by Gasteiger charge is 2.47. The van der Waals surface area contributed by atoms with Gasteiger partial charge in [-0.15, -0.1) is 0 Å². The van der Waals surface area contributed by atoms with Crippen LogP contribution in [0.4, 0.5) is 0 Å². The number of hydrogen-bond acceptors (Lipinski definition) is 3. The Hall–Kier alpha value is -0.120. The third-order valence-electron chi connectivity index (χ3n) is 4.37. The molecule has 0 N–H and O–H groups in total. The van der Waals surface area contributed by atoms with Crippen LogP contribution in [0.2, 0.25) is 0 Å². The Balaban J connectivity index is 2.36. The molecule has 1 unspecified atom stereocenters. The molecule has 0 bridgehead atoms. The van der Waals surface area contributed by atoms with Crippen LogP contribution in [-0.4, -0.2) is 27.3 Å². The predicted molar refractivity (Wildman–Crippen MR) is 78.0 cm³/mol. The lowest BCUT2D eigenvalue weighted by Gasteiger charge is -2.36. The molecule has 1 saturated carbocycles. The lowest BCUT2D eigenvalue weighted by molar-refractivity contribution is -0.382. The Morgan fingerprint density at radius 1 is 0.895 bits per heavy atom. The Morgan fingerprint density at radius 2 is 1.42 bits per heavy atom. The van der Waals surface area contributed by atoms with Crippen molar-refractivity contribution in [3.8, 4) is 0 Å². The summed E-state index contributed by atoms with van der Waals surface area (Å²) in [6, 6.07) is 0. The van der Waals surface area contributed by atoms with E-state index >= 15 is 0 Å². The van der Waals surface area contributed by atoms with Gasteiger partial charge in [0.05, 0.1) is 0 Å². The fourth-order valence-corrected chi connectivity index (χ4v) is 3.05. The third-order valence-corrected chi connectivity index (χ3v) is 4.37. The average molecular weight is 272 g/mol. The van der Waals surface area contributed by atoms with Gasteiger partial charge >= 0.3 is 0 Å². The van der Waals surface area contributed by atoms with Crippen LogP contribution in [0.15, 0.2) is 0 Å². The largest absolute Gasteiger partial charge is 0.331 e. The van der Waals surface area contributed by atoms with Crippen molar-refractivity contribution in [3.63, 3.8) is 0 Å². The Morgan fingerprint density at radius 3 is 1.89 bits per heavy atom. The fourth-order valence-electron chi connectivity index (χ4n) is 3.05. The summed E-state index contributed by atoms with van der Waals surface area (Å²) in [5.41, 5.74) is 0. The van der Waals surface area contributed by atoms with Crippen molar-refractivity contribution >= 4 is 0 Å². The van der Waals surface area contributed by atoms with Crippen LogP contribution in [0.3, 0.4) is 0 Å². The normalized spacial score (nSPS) is 17.7. The zero-order valence-electron chi connectivity index (χ0n) is 13.2. The first-order valence-electron chi connectivity index (χ1n) is 7.89. The maximum absolute atomic E-state index is 5.55. The van der Waals surface area contributed by atoms with E-state index < -0.39 is 5.97 Å². The van der Waals surface area contributed by atoms with Crippen molar-refractivity contribution in [2.24, 2.45) is 11.8 Å². The summed E-state index contributed by atoms with van der Waals surface area (Å²) in [6.45, 7) is 2.26. The van der Waals surface area contributed by atoms with E-state index in [2.05, 4.69) is 6.92 Å². The van der Waals surface area contributed by atoms with E-state index in [-0.39, 0.29) is 0 Å². The summed E-state index contributed by atoms with van der Waals surface area (Å²) in [5.74, 6) is 0.263. The molecule has 0 amide bonds. The van der Waals surface area contributed by atoms with Gasteiger partial charge in [0.15, 0.2) is 0 Å². The fraction of sp³-hybridized carbons (Fsp3) is 1.00. The second kappa shape index (κ2) is 8.93. The van der Waals surface area contributed by atoms with Gasteiger partial charge in [-0.1, -0.05) is 45.4 Å². The zero-order valence-corrected chi connectivity index (χ0v) is 13.2. The van der Waals surface area contributed by atoms with Crippen LogP contribution in [0, 0.1) is 11.8 Å². The van der Waals surface area contributed by atoms with Crippen LogP contribution in [0.25, 0.3) is 0 Å². The molecule has 0 heterocycles. The van der Waals surface area contributed by atoms with Gasteiger partial charge in [0.2, 0.25) is 0 Å². The topological polar surface area (TPSA) is 27.7 Å². The molecule has 1 atom stereocenters. The number of rotatable bonds is 12. The number of ether oxygens (including phenoxy) is 3. The minimum atomic E-state index is -0.829. The van der Waals surface area contributed by atoms with Gasteiger partial charge in [0.25, 0.3) is 5.97 Å². The van der Waals surface area contributed by atoms with Crippen molar-refractivity contribution in [1.82, 2.24) is 0 Å². The Kier molecular flexibility index (Phi) is 7.96. The Labute approximate surface area is 119 Å². The third kappa shape index (κ3) is 5.05. The minimum absolute atomic E-state index is 0.374. The van der Waals surface area contributed by atoms with Gasteiger partial charge in [-0.2, -0.15) is 0 Å². The summed E-state index contributed by atoms with van der Waals surface area (Å²) < 4.78 is 16.7. The number of methoxy groups -OCH3 is 3. The summed E-state index contributed by atoms with van der Waals surface area (Å²) in [5, 5.41) is 0. The molecule has 1 aliphatic carbocycles. The molecule has 0 spiro atoms.